The fourth-order valence-electron chi connectivity index (χ4n) is 2.93. The molecule has 30 heavy (non-hydrogen) atoms. The predicted octanol–water partition coefficient (Wildman–Crippen LogP) is 4.18. The van der Waals surface area contributed by atoms with Gasteiger partial charge in [-0.1, -0.05) is 0 Å². The maximum atomic E-state index is 12.2. The highest BCUT2D eigenvalue weighted by Crippen LogP contribution is 2.34. The van der Waals surface area contributed by atoms with E-state index >= 15 is 0 Å². The molecule has 0 unspecified atom stereocenters. The Labute approximate surface area is 179 Å². The minimum atomic E-state index is -0.367. The Morgan fingerprint density at radius 2 is 2.03 bits per heavy atom. The van der Waals surface area contributed by atoms with Crippen LogP contribution in [-0.4, -0.2) is 34.3 Å². The number of anilines is 3. The zero-order chi connectivity index (χ0) is 20.3. The summed E-state index contributed by atoms with van der Waals surface area (Å²) < 4.78 is 11.6. The van der Waals surface area contributed by atoms with E-state index < -0.39 is 0 Å². The second kappa shape index (κ2) is 8.13. The molecule has 3 aromatic heterocycles. The van der Waals surface area contributed by atoms with Gasteiger partial charge >= 0.3 is 6.03 Å². The van der Waals surface area contributed by atoms with Crippen molar-refractivity contribution in [3.8, 4) is 11.5 Å². The van der Waals surface area contributed by atoms with Gasteiger partial charge in [-0.25, -0.2) is 19.7 Å². The molecule has 11 heteroatoms. The number of nitrogens with one attached hydrogen (secondary N) is 3. The molecule has 2 amide bonds. The number of thiazole rings is 1. The first kappa shape index (κ1) is 18.6. The number of nitrogens with zero attached hydrogens (tertiary/aromatic N) is 3. The minimum Gasteiger partial charge on any atom is -0.454 e. The average Bonchev–Trinajstić information content (AvgIpc) is 3.48. The summed E-state index contributed by atoms with van der Waals surface area (Å²) >= 11 is 3.05. The van der Waals surface area contributed by atoms with E-state index in [1.54, 1.807) is 42.1 Å². The van der Waals surface area contributed by atoms with Crippen LogP contribution in [0.4, 0.5) is 21.4 Å². The smallest absolute Gasteiger partial charge is 0.325 e. The van der Waals surface area contributed by atoms with E-state index in [1.165, 1.54) is 11.3 Å². The van der Waals surface area contributed by atoms with E-state index in [4.69, 9.17) is 9.47 Å². The van der Waals surface area contributed by atoms with Gasteiger partial charge in [0.1, 0.15) is 12.1 Å². The Morgan fingerprint density at radius 1 is 1.10 bits per heavy atom. The van der Waals surface area contributed by atoms with E-state index in [1.807, 2.05) is 11.4 Å². The zero-order valence-electron chi connectivity index (χ0n) is 15.5. The number of fused-ring (bicyclic) bond motifs is 2. The van der Waals surface area contributed by atoms with Crippen LogP contribution in [0.2, 0.25) is 0 Å². The first-order chi connectivity index (χ1) is 14.7. The first-order valence-electron chi connectivity index (χ1n) is 9.09. The quantitative estimate of drug-likeness (QED) is 0.413. The Kier molecular flexibility index (Phi) is 5.03. The van der Waals surface area contributed by atoms with Crippen molar-refractivity contribution in [2.75, 3.05) is 29.3 Å². The number of amides is 2. The van der Waals surface area contributed by atoms with E-state index in [9.17, 15) is 4.79 Å². The van der Waals surface area contributed by atoms with Gasteiger partial charge in [-0.15, -0.1) is 22.7 Å². The normalized spacial score (nSPS) is 12.1. The number of urea groups is 1. The van der Waals surface area contributed by atoms with Crippen LogP contribution in [0.1, 0.15) is 4.88 Å². The van der Waals surface area contributed by atoms with Crippen LogP contribution >= 0.6 is 22.7 Å². The van der Waals surface area contributed by atoms with Gasteiger partial charge in [0.15, 0.2) is 16.6 Å². The SMILES string of the molecule is O=C(Nc1ccc2c(c1)OCO2)Nc1ncc(CCNc2ncnc3ccsc23)s1. The Hall–Kier alpha value is -3.44. The van der Waals surface area contributed by atoms with Gasteiger partial charge in [0.2, 0.25) is 6.79 Å². The predicted molar refractivity (Wildman–Crippen MR) is 117 cm³/mol. The van der Waals surface area contributed by atoms with Crippen molar-refractivity contribution in [2.45, 2.75) is 6.42 Å². The highest BCUT2D eigenvalue weighted by atomic mass is 32.1. The fourth-order valence-corrected chi connectivity index (χ4v) is 4.55. The maximum Gasteiger partial charge on any atom is 0.325 e. The molecule has 1 aliphatic heterocycles. The van der Waals surface area contributed by atoms with Crippen molar-refractivity contribution in [3.05, 3.63) is 47.0 Å². The van der Waals surface area contributed by atoms with Crippen molar-refractivity contribution in [1.82, 2.24) is 15.0 Å². The third-order valence-corrected chi connectivity index (χ3v) is 6.19. The second-order valence-electron chi connectivity index (χ2n) is 6.31. The van der Waals surface area contributed by atoms with Crippen molar-refractivity contribution < 1.29 is 14.3 Å². The van der Waals surface area contributed by atoms with Gasteiger partial charge in [-0.3, -0.25) is 5.32 Å². The van der Waals surface area contributed by atoms with Crippen molar-refractivity contribution in [2.24, 2.45) is 0 Å². The van der Waals surface area contributed by atoms with Gasteiger partial charge in [-0.2, -0.15) is 0 Å². The summed E-state index contributed by atoms with van der Waals surface area (Å²) in [6, 6.07) is 6.84. The fraction of sp³-hybridized carbons (Fsp3) is 0.158. The molecule has 0 aliphatic carbocycles. The Balaban J connectivity index is 1.14. The molecular formula is C19H16N6O3S2. The van der Waals surface area contributed by atoms with Crippen LogP contribution in [0.15, 0.2) is 42.2 Å². The monoisotopic (exact) mass is 440 g/mol. The number of hydrogen-bond donors (Lipinski definition) is 3. The molecule has 0 radical (unpaired) electrons. The molecular weight excluding hydrogens is 424 g/mol. The summed E-state index contributed by atoms with van der Waals surface area (Å²) in [7, 11) is 0. The van der Waals surface area contributed by atoms with E-state index in [0.29, 0.717) is 28.9 Å². The topological polar surface area (TPSA) is 110 Å². The Bertz CT molecular complexity index is 1210. The van der Waals surface area contributed by atoms with E-state index in [-0.39, 0.29) is 12.8 Å². The summed E-state index contributed by atoms with van der Waals surface area (Å²) in [4.78, 5) is 26.1. The molecule has 0 bridgehead atoms. The number of ether oxygens (including phenoxy) is 2. The molecule has 9 nitrogen and oxygen atoms in total. The highest BCUT2D eigenvalue weighted by molar-refractivity contribution is 7.17. The molecule has 0 fully saturated rings. The second-order valence-corrected chi connectivity index (χ2v) is 8.34. The molecule has 5 rings (SSSR count). The van der Waals surface area contributed by atoms with Gasteiger partial charge < -0.3 is 20.1 Å². The minimum absolute atomic E-state index is 0.192. The molecule has 0 saturated carbocycles. The van der Waals surface area contributed by atoms with Crippen molar-refractivity contribution >= 4 is 55.6 Å². The molecule has 1 aromatic carbocycles. The molecule has 4 aromatic rings. The highest BCUT2D eigenvalue weighted by Gasteiger charge is 2.14. The lowest BCUT2D eigenvalue weighted by Gasteiger charge is -2.06. The third-order valence-electron chi connectivity index (χ3n) is 4.31. The lowest BCUT2D eigenvalue weighted by Crippen LogP contribution is -2.19. The number of rotatable bonds is 6. The summed E-state index contributed by atoms with van der Waals surface area (Å²) in [5.41, 5.74) is 1.55. The van der Waals surface area contributed by atoms with E-state index in [0.717, 1.165) is 27.3 Å². The van der Waals surface area contributed by atoms with Crippen LogP contribution in [0.25, 0.3) is 10.2 Å². The van der Waals surface area contributed by atoms with Crippen LogP contribution in [0, 0.1) is 0 Å². The number of hydrogen-bond acceptors (Lipinski definition) is 9. The maximum absolute atomic E-state index is 12.2. The largest absolute Gasteiger partial charge is 0.454 e. The molecule has 0 atom stereocenters. The molecule has 1 aliphatic rings. The van der Waals surface area contributed by atoms with E-state index in [2.05, 4.69) is 30.9 Å². The molecule has 3 N–H and O–H groups in total. The molecule has 0 saturated heterocycles. The van der Waals surface area contributed by atoms with Gasteiger partial charge in [-0.05, 0) is 23.6 Å². The summed E-state index contributed by atoms with van der Waals surface area (Å²) in [6.45, 7) is 0.895. The standard InChI is InChI=1S/C19H16N6O3S2/c26-18(24-11-1-2-14-15(7-11)28-10-27-14)25-19-21-8-12(30-19)3-5-20-17-16-13(4-6-29-16)22-9-23-17/h1-2,4,6-9H,3,5,10H2,(H,20,22,23)(H2,21,24,25,26). The van der Waals surface area contributed by atoms with Crippen molar-refractivity contribution in [3.63, 3.8) is 0 Å². The summed E-state index contributed by atoms with van der Waals surface area (Å²) in [5.74, 6) is 2.11. The summed E-state index contributed by atoms with van der Waals surface area (Å²) in [5, 5.41) is 11.4. The van der Waals surface area contributed by atoms with Crippen molar-refractivity contribution in [1.29, 1.82) is 0 Å². The molecule has 0 spiro atoms. The zero-order valence-corrected chi connectivity index (χ0v) is 17.2. The van der Waals surface area contributed by atoms with Gasteiger partial charge in [0, 0.05) is 35.8 Å². The lowest BCUT2D eigenvalue weighted by atomic mass is 10.3. The lowest BCUT2D eigenvalue weighted by molar-refractivity contribution is 0.174. The van der Waals surface area contributed by atoms with Gasteiger partial charge in [0.05, 0.1) is 10.2 Å². The van der Waals surface area contributed by atoms with Gasteiger partial charge in [0.25, 0.3) is 0 Å². The Morgan fingerprint density at radius 3 is 3.00 bits per heavy atom. The first-order valence-corrected chi connectivity index (χ1v) is 10.8. The average molecular weight is 441 g/mol. The number of benzene rings is 1. The van der Waals surface area contributed by atoms with Crippen LogP contribution in [0.5, 0.6) is 11.5 Å². The number of carbonyl (C=O) groups is 1. The molecule has 152 valence electrons. The number of aromatic nitrogens is 3. The third kappa shape index (κ3) is 3.98. The van der Waals surface area contributed by atoms with Crippen LogP contribution in [-0.2, 0) is 6.42 Å². The number of thiophene rings is 1. The summed E-state index contributed by atoms with van der Waals surface area (Å²) in [6.07, 6.45) is 4.09. The number of carbonyl (C=O) groups excluding carboxylic acids is 1. The molecule has 4 heterocycles. The van der Waals surface area contributed by atoms with Crippen LogP contribution in [0.3, 0.4) is 0 Å². The van der Waals surface area contributed by atoms with Crippen LogP contribution < -0.4 is 25.4 Å².